The van der Waals surface area contributed by atoms with Crippen molar-refractivity contribution in [1.29, 1.82) is 0 Å². The van der Waals surface area contributed by atoms with E-state index >= 15 is 0 Å². The summed E-state index contributed by atoms with van der Waals surface area (Å²) in [6.07, 6.45) is 1.16. The molecule has 0 radical (unpaired) electrons. The highest BCUT2D eigenvalue weighted by Gasteiger charge is 2.17. The van der Waals surface area contributed by atoms with Gasteiger partial charge in [-0.25, -0.2) is 4.79 Å². The molecule has 2 aromatic heterocycles. The van der Waals surface area contributed by atoms with Crippen molar-refractivity contribution in [2.45, 2.75) is 13.5 Å². The second-order valence-corrected chi connectivity index (χ2v) is 4.92. The largest absolute Gasteiger partial charge is 0.380 e. The highest BCUT2D eigenvalue weighted by molar-refractivity contribution is 7.12. The lowest BCUT2D eigenvalue weighted by atomic mass is 10.4. The quantitative estimate of drug-likeness (QED) is 0.289. The fraction of sp³-hybridized carbons (Fsp3) is 0.182. The van der Waals surface area contributed by atoms with E-state index in [1.807, 2.05) is 5.38 Å². The standard InChI is InChI=1S/C11H11N5O4S/c1-7-8(16(18)19)5-15(13-7)6-10(17)20-14-11(12)9-3-2-4-21-9/h2-5H,6H2,1H3,(H2,12,14). The van der Waals surface area contributed by atoms with Gasteiger partial charge in [0.05, 0.1) is 9.80 Å². The molecule has 0 amide bonds. The Morgan fingerprint density at radius 1 is 1.67 bits per heavy atom. The van der Waals surface area contributed by atoms with Gasteiger partial charge in [0.2, 0.25) is 0 Å². The summed E-state index contributed by atoms with van der Waals surface area (Å²) in [4.78, 5) is 27.0. The molecular formula is C11H11N5O4S. The molecule has 0 aliphatic heterocycles. The van der Waals surface area contributed by atoms with Gasteiger partial charge in [0.25, 0.3) is 0 Å². The van der Waals surface area contributed by atoms with Crippen molar-refractivity contribution in [3.63, 3.8) is 0 Å². The zero-order chi connectivity index (χ0) is 15.4. The number of oxime groups is 1. The van der Waals surface area contributed by atoms with Crippen LogP contribution in [0.3, 0.4) is 0 Å². The summed E-state index contributed by atoms with van der Waals surface area (Å²) in [5, 5.41) is 19.8. The maximum Gasteiger partial charge on any atom is 0.356 e. The van der Waals surface area contributed by atoms with E-state index in [4.69, 9.17) is 5.73 Å². The number of rotatable bonds is 5. The first-order chi connectivity index (χ1) is 9.97. The molecule has 2 aromatic rings. The zero-order valence-corrected chi connectivity index (χ0v) is 11.7. The topological polar surface area (TPSA) is 126 Å². The van der Waals surface area contributed by atoms with Crippen LogP contribution in [0, 0.1) is 17.0 Å². The number of hydrogen-bond acceptors (Lipinski definition) is 7. The van der Waals surface area contributed by atoms with E-state index in [0.29, 0.717) is 4.88 Å². The molecule has 10 heteroatoms. The van der Waals surface area contributed by atoms with Crippen molar-refractivity contribution in [3.8, 4) is 0 Å². The number of carbonyl (C=O) groups excluding carboxylic acids is 1. The van der Waals surface area contributed by atoms with Crippen molar-refractivity contribution in [2.24, 2.45) is 10.9 Å². The number of hydrogen-bond donors (Lipinski definition) is 1. The predicted molar refractivity (Wildman–Crippen MR) is 74.8 cm³/mol. The van der Waals surface area contributed by atoms with E-state index in [2.05, 4.69) is 15.1 Å². The van der Waals surface area contributed by atoms with Gasteiger partial charge in [-0.05, 0) is 18.4 Å². The van der Waals surface area contributed by atoms with Crippen LogP contribution in [-0.4, -0.2) is 26.5 Å². The minimum absolute atomic E-state index is 0.0842. The Morgan fingerprint density at radius 2 is 2.43 bits per heavy atom. The average molecular weight is 309 g/mol. The van der Waals surface area contributed by atoms with Gasteiger partial charge in [-0.3, -0.25) is 14.8 Å². The Labute approximate surface area is 122 Å². The molecule has 0 aliphatic carbocycles. The van der Waals surface area contributed by atoms with Crippen molar-refractivity contribution in [2.75, 3.05) is 0 Å². The number of aromatic nitrogens is 2. The number of nitro groups is 1. The third-order valence-corrected chi connectivity index (χ3v) is 3.32. The second kappa shape index (κ2) is 6.13. The van der Waals surface area contributed by atoms with Gasteiger partial charge in [-0.15, -0.1) is 11.3 Å². The first kappa shape index (κ1) is 14.7. The Bertz CT molecular complexity index is 692. The molecule has 0 bridgehead atoms. The number of nitrogens with two attached hydrogens (primary N) is 1. The molecule has 2 N–H and O–H groups in total. The molecule has 0 fully saturated rings. The number of aryl methyl sites for hydroxylation is 1. The van der Waals surface area contributed by atoms with Crippen LogP contribution >= 0.6 is 11.3 Å². The summed E-state index contributed by atoms with van der Waals surface area (Å²) in [5.41, 5.74) is 5.67. The van der Waals surface area contributed by atoms with Gasteiger partial charge in [0, 0.05) is 0 Å². The lowest BCUT2D eigenvalue weighted by Crippen LogP contribution is -2.16. The summed E-state index contributed by atoms with van der Waals surface area (Å²) >= 11 is 1.36. The second-order valence-electron chi connectivity index (χ2n) is 3.97. The Hall–Kier alpha value is -2.75. The number of carbonyl (C=O) groups is 1. The van der Waals surface area contributed by atoms with Crippen LogP contribution < -0.4 is 5.73 Å². The molecule has 110 valence electrons. The number of thiophene rings is 1. The molecule has 0 saturated carbocycles. The highest BCUT2D eigenvalue weighted by Crippen LogP contribution is 2.14. The molecule has 0 unspecified atom stereocenters. The molecule has 0 spiro atoms. The summed E-state index contributed by atoms with van der Waals surface area (Å²) in [6, 6.07) is 3.52. The van der Waals surface area contributed by atoms with Crippen molar-refractivity contribution in [3.05, 3.63) is 44.4 Å². The van der Waals surface area contributed by atoms with Crippen LogP contribution in [0.5, 0.6) is 0 Å². The summed E-state index contributed by atoms with van der Waals surface area (Å²) in [6.45, 7) is 1.18. The number of nitrogens with zero attached hydrogens (tertiary/aromatic N) is 4. The van der Waals surface area contributed by atoms with Gasteiger partial charge in [0.15, 0.2) is 5.84 Å². The van der Waals surface area contributed by atoms with Crippen LogP contribution in [-0.2, 0) is 16.2 Å². The van der Waals surface area contributed by atoms with Crippen LogP contribution in [0.2, 0.25) is 0 Å². The molecule has 21 heavy (non-hydrogen) atoms. The van der Waals surface area contributed by atoms with Gasteiger partial charge in [0.1, 0.15) is 18.4 Å². The Balaban J connectivity index is 1.97. The minimum Gasteiger partial charge on any atom is -0.380 e. The van der Waals surface area contributed by atoms with E-state index < -0.39 is 10.9 Å². The fourth-order valence-corrected chi connectivity index (χ4v) is 2.12. The minimum atomic E-state index is -0.730. The normalized spacial score (nSPS) is 11.4. The average Bonchev–Trinajstić information content (AvgIpc) is 3.05. The van der Waals surface area contributed by atoms with Crippen molar-refractivity contribution >= 4 is 28.8 Å². The zero-order valence-electron chi connectivity index (χ0n) is 10.9. The van der Waals surface area contributed by atoms with E-state index in [1.54, 1.807) is 12.1 Å². The maximum atomic E-state index is 11.6. The Morgan fingerprint density at radius 3 is 3.00 bits per heavy atom. The predicted octanol–water partition coefficient (Wildman–Crippen LogP) is 1.02. The highest BCUT2D eigenvalue weighted by atomic mass is 32.1. The molecule has 0 atom stereocenters. The van der Waals surface area contributed by atoms with Gasteiger partial charge in [-0.1, -0.05) is 11.2 Å². The first-order valence-electron chi connectivity index (χ1n) is 5.73. The fourth-order valence-electron chi connectivity index (χ4n) is 1.50. The molecule has 0 aromatic carbocycles. The molecule has 2 heterocycles. The molecule has 2 rings (SSSR count). The lowest BCUT2D eigenvalue weighted by molar-refractivity contribution is -0.385. The van der Waals surface area contributed by atoms with E-state index in [0.717, 1.165) is 10.9 Å². The van der Waals surface area contributed by atoms with E-state index in [1.165, 1.54) is 18.3 Å². The summed E-state index contributed by atoms with van der Waals surface area (Å²) < 4.78 is 1.12. The maximum absolute atomic E-state index is 11.6. The van der Waals surface area contributed by atoms with Gasteiger partial charge < -0.3 is 10.6 Å². The molecule has 9 nitrogen and oxygen atoms in total. The molecule has 0 aliphatic rings. The van der Waals surface area contributed by atoms with E-state index in [-0.39, 0.29) is 23.8 Å². The SMILES string of the molecule is Cc1nn(CC(=O)O/N=C(\N)c2cccs2)cc1[N+](=O)[O-]. The lowest BCUT2D eigenvalue weighted by Gasteiger charge is -1.99. The monoisotopic (exact) mass is 309 g/mol. The van der Waals surface area contributed by atoms with Gasteiger partial charge in [-0.2, -0.15) is 5.10 Å². The van der Waals surface area contributed by atoms with Crippen LogP contribution in [0.1, 0.15) is 10.6 Å². The smallest absolute Gasteiger partial charge is 0.356 e. The van der Waals surface area contributed by atoms with Crippen LogP contribution in [0.15, 0.2) is 28.9 Å². The molecular weight excluding hydrogens is 298 g/mol. The third-order valence-electron chi connectivity index (χ3n) is 2.43. The Kier molecular flexibility index (Phi) is 4.28. The van der Waals surface area contributed by atoms with Crippen LogP contribution in [0.4, 0.5) is 5.69 Å². The third kappa shape index (κ3) is 3.63. The summed E-state index contributed by atoms with van der Waals surface area (Å²) in [5.74, 6) is -0.645. The summed E-state index contributed by atoms with van der Waals surface area (Å²) in [7, 11) is 0. The first-order valence-corrected chi connectivity index (χ1v) is 6.61. The number of amidine groups is 1. The molecule has 0 saturated heterocycles. The van der Waals surface area contributed by atoms with E-state index in [9.17, 15) is 14.9 Å². The van der Waals surface area contributed by atoms with Gasteiger partial charge >= 0.3 is 11.7 Å². The van der Waals surface area contributed by atoms with Crippen molar-refractivity contribution < 1.29 is 14.6 Å². The van der Waals surface area contributed by atoms with Crippen molar-refractivity contribution in [1.82, 2.24) is 9.78 Å². The van der Waals surface area contributed by atoms with Crippen LogP contribution in [0.25, 0.3) is 0 Å².